The van der Waals surface area contributed by atoms with E-state index in [1.54, 1.807) is 30.3 Å². The lowest BCUT2D eigenvalue weighted by Gasteiger charge is -2.07. The van der Waals surface area contributed by atoms with Gasteiger partial charge in [-0.2, -0.15) is 18.3 Å². The standard InChI is InChI=1S/C16H12F3N5O2/c1-24-14(7-12(23-24)16(17,18)19)26-13-9-20-8-11(22-13)15(25)21-10-5-3-2-4-6-10/h2-9H,1H3,(H,21,25). The molecule has 0 spiro atoms. The van der Waals surface area contributed by atoms with Crippen LogP contribution in [-0.2, 0) is 13.2 Å². The molecule has 3 rings (SSSR count). The summed E-state index contributed by atoms with van der Waals surface area (Å²) < 4.78 is 44.2. The Morgan fingerprint density at radius 2 is 1.92 bits per heavy atom. The molecule has 26 heavy (non-hydrogen) atoms. The SMILES string of the molecule is Cn1nc(C(F)(F)F)cc1Oc1cncc(C(=O)Nc2ccccc2)n1. The summed E-state index contributed by atoms with van der Waals surface area (Å²) in [5.74, 6) is -0.857. The first-order valence-corrected chi connectivity index (χ1v) is 7.30. The van der Waals surface area contributed by atoms with Crippen LogP contribution in [0.3, 0.4) is 0 Å². The lowest BCUT2D eigenvalue weighted by molar-refractivity contribution is -0.141. The fourth-order valence-electron chi connectivity index (χ4n) is 2.01. The molecule has 2 aromatic heterocycles. The van der Waals surface area contributed by atoms with E-state index in [2.05, 4.69) is 20.4 Å². The molecule has 10 heteroatoms. The van der Waals surface area contributed by atoms with Crippen molar-refractivity contribution in [2.75, 3.05) is 5.32 Å². The normalized spacial score (nSPS) is 11.2. The molecule has 7 nitrogen and oxygen atoms in total. The lowest BCUT2D eigenvalue weighted by Crippen LogP contribution is -2.14. The summed E-state index contributed by atoms with van der Waals surface area (Å²) in [7, 11) is 1.30. The predicted molar refractivity (Wildman–Crippen MR) is 84.7 cm³/mol. The van der Waals surface area contributed by atoms with Gasteiger partial charge in [-0.25, -0.2) is 9.67 Å². The smallest absolute Gasteiger partial charge is 0.419 e. The first kappa shape index (κ1) is 17.4. The van der Waals surface area contributed by atoms with Crippen LogP contribution in [-0.4, -0.2) is 25.7 Å². The maximum atomic E-state index is 12.7. The van der Waals surface area contributed by atoms with E-state index in [-0.39, 0.29) is 17.5 Å². The number of benzene rings is 1. The van der Waals surface area contributed by atoms with E-state index in [0.717, 1.165) is 10.7 Å². The van der Waals surface area contributed by atoms with E-state index in [0.29, 0.717) is 5.69 Å². The molecule has 0 aliphatic rings. The van der Waals surface area contributed by atoms with E-state index in [9.17, 15) is 18.0 Å². The third-order valence-electron chi connectivity index (χ3n) is 3.21. The maximum Gasteiger partial charge on any atom is 0.435 e. The Morgan fingerprint density at radius 3 is 2.58 bits per heavy atom. The molecule has 0 aliphatic carbocycles. The highest BCUT2D eigenvalue weighted by Crippen LogP contribution is 2.31. The monoisotopic (exact) mass is 363 g/mol. The van der Waals surface area contributed by atoms with Crippen LogP contribution in [0.4, 0.5) is 18.9 Å². The van der Waals surface area contributed by atoms with Gasteiger partial charge in [-0.1, -0.05) is 18.2 Å². The van der Waals surface area contributed by atoms with E-state index >= 15 is 0 Å². The van der Waals surface area contributed by atoms with Crippen LogP contribution in [0.2, 0.25) is 0 Å². The largest absolute Gasteiger partial charge is 0.435 e. The molecule has 0 bridgehead atoms. The van der Waals surface area contributed by atoms with Gasteiger partial charge in [0.15, 0.2) is 11.4 Å². The van der Waals surface area contributed by atoms with Gasteiger partial charge in [0.05, 0.1) is 12.4 Å². The van der Waals surface area contributed by atoms with Crippen LogP contribution in [0.5, 0.6) is 11.8 Å². The highest BCUT2D eigenvalue weighted by molar-refractivity contribution is 6.02. The minimum Gasteiger partial charge on any atom is -0.419 e. The van der Waals surface area contributed by atoms with Crippen LogP contribution in [0.1, 0.15) is 16.2 Å². The molecule has 1 N–H and O–H groups in total. The molecule has 1 aromatic carbocycles. The van der Waals surface area contributed by atoms with Gasteiger partial charge < -0.3 is 10.1 Å². The molecule has 2 heterocycles. The number of carbonyl (C=O) groups is 1. The van der Waals surface area contributed by atoms with Gasteiger partial charge in [0, 0.05) is 18.8 Å². The van der Waals surface area contributed by atoms with Crippen molar-refractivity contribution in [3.05, 3.63) is 60.2 Å². The highest BCUT2D eigenvalue weighted by atomic mass is 19.4. The van der Waals surface area contributed by atoms with Crippen LogP contribution in [0.25, 0.3) is 0 Å². The van der Waals surface area contributed by atoms with Crippen LogP contribution >= 0.6 is 0 Å². The number of halogens is 3. The van der Waals surface area contributed by atoms with Gasteiger partial charge in [0.2, 0.25) is 11.8 Å². The van der Waals surface area contributed by atoms with Gasteiger partial charge in [0.1, 0.15) is 0 Å². The zero-order valence-corrected chi connectivity index (χ0v) is 13.4. The predicted octanol–water partition coefficient (Wildman–Crippen LogP) is 3.27. The van der Waals surface area contributed by atoms with Crippen molar-refractivity contribution in [1.82, 2.24) is 19.7 Å². The molecular formula is C16H12F3N5O2. The second kappa shape index (κ2) is 6.82. The Hall–Kier alpha value is -3.43. The minimum absolute atomic E-state index is 0.0513. The number of carbonyl (C=O) groups excluding carboxylic acids is 1. The van der Waals surface area contributed by atoms with Crippen LogP contribution < -0.4 is 10.1 Å². The summed E-state index contributed by atoms with van der Waals surface area (Å²) in [5.41, 5.74) is -0.586. The molecule has 0 aliphatic heterocycles. The summed E-state index contributed by atoms with van der Waals surface area (Å²) in [5, 5.41) is 5.95. The second-order valence-corrected chi connectivity index (χ2v) is 5.15. The van der Waals surface area contributed by atoms with Crippen molar-refractivity contribution in [3.8, 4) is 11.8 Å². The summed E-state index contributed by atoms with van der Waals surface area (Å²) >= 11 is 0. The molecule has 134 valence electrons. The van der Waals surface area contributed by atoms with Crippen molar-refractivity contribution in [1.29, 1.82) is 0 Å². The number of ether oxygens (including phenoxy) is 1. The molecule has 0 saturated carbocycles. The number of anilines is 1. The summed E-state index contributed by atoms with van der Waals surface area (Å²) in [6, 6.07) is 9.42. The van der Waals surface area contributed by atoms with Crippen molar-refractivity contribution < 1.29 is 22.7 Å². The van der Waals surface area contributed by atoms with Crippen molar-refractivity contribution in [2.24, 2.45) is 7.05 Å². The number of hydrogen-bond donors (Lipinski definition) is 1. The van der Waals surface area contributed by atoms with Crippen LogP contribution in [0.15, 0.2) is 48.8 Å². The van der Waals surface area contributed by atoms with Crippen molar-refractivity contribution >= 4 is 11.6 Å². The number of amides is 1. The Kier molecular flexibility index (Phi) is 4.57. The minimum atomic E-state index is -4.59. The Balaban J connectivity index is 1.77. The number of rotatable bonds is 4. The Morgan fingerprint density at radius 1 is 1.19 bits per heavy atom. The van der Waals surface area contributed by atoms with E-state index < -0.39 is 17.8 Å². The molecule has 1 amide bonds. The fraction of sp³-hybridized carbons (Fsp3) is 0.125. The number of aryl methyl sites for hydroxylation is 1. The second-order valence-electron chi connectivity index (χ2n) is 5.15. The summed E-state index contributed by atoms with van der Waals surface area (Å²) in [6.07, 6.45) is -2.20. The third kappa shape index (κ3) is 3.97. The molecule has 0 saturated heterocycles. The fourth-order valence-corrected chi connectivity index (χ4v) is 2.01. The topological polar surface area (TPSA) is 81.9 Å². The molecule has 0 atom stereocenters. The van der Waals surface area contributed by atoms with Crippen molar-refractivity contribution in [3.63, 3.8) is 0 Å². The number of para-hydroxylation sites is 1. The van der Waals surface area contributed by atoms with Gasteiger partial charge in [-0.05, 0) is 12.1 Å². The molecule has 0 fully saturated rings. The zero-order valence-electron chi connectivity index (χ0n) is 13.4. The quantitative estimate of drug-likeness (QED) is 0.769. The van der Waals surface area contributed by atoms with Gasteiger partial charge >= 0.3 is 6.18 Å². The van der Waals surface area contributed by atoms with Crippen LogP contribution in [0, 0.1) is 0 Å². The first-order valence-electron chi connectivity index (χ1n) is 7.30. The summed E-state index contributed by atoms with van der Waals surface area (Å²) in [6.45, 7) is 0. The number of nitrogens with zero attached hydrogens (tertiary/aromatic N) is 4. The number of aromatic nitrogens is 4. The molecular weight excluding hydrogens is 351 g/mol. The first-order chi connectivity index (χ1) is 12.3. The lowest BCUT2D eigenvalue weighted by atomic mass is 10.3. The van der Waals surface area contributed by atoms with E-state index in [1.807, 2.05) is 0 Å². The third-order valence-corrected chi connectivity index (χ3v) is 3.21. The van der Waals surface area contributed by atoms with E-state index in [1.165, 1.54) is 19.4 Å². The number of hydrogen-bond acceptors (Lipinski definition) is 5. The maximum absolute atomic E-state index is 12.7. The number of nitrogens with one attached hydrogen (secondary N) is 1. The Bertz CT molecular complexity index is 925. The average molecular weight is 363 g/mol. The van der Waals surface area contributed by atoms with Crippen molar-refractivity contribution in [2.45, 2.75) is 6.18 Å². The van der Waals surface area contributed by atoms with E-state index in [4.69, 9.17) is 4.74 Å². The van der Waals surface area contributed by atoms with Gasteiger partial charge in [0.25, 0.3) is 5.91 Å². The summed E-state index contributed by atoms with van der Waals surface area (Å²) in [4.78, 5) is 20.0. The molecule has 3 aromatic rings. The molecule has 0 radical (unpaired) electrons. The highest BCUT2D eigenvalue weighted by Gasteiger charge is 2.35. The zero-order chi connectivity index (χ0) is 18.7. The van der Waals surface area contributed by atoms with Gasteiger partial charge in [-0.15, -0.1) is 0 Å². The molecule has 0 unspecified atom stereocenters. The average Bonchev–Trinajstić information content (AvgIpc) is 2.97. The Labute approximate surface area is 145 Å². The van der Waals surface area contributed by atoms with Gasteiger partial charge in [-0.3, -0.25) is 9.78 Å². The number of alkyl halides is 3.